The van der Waals surface area contributed by atoms with E-state index in [-0.39, 0.29) is 0 Å². The molecule has 1 heterocycles. The molecule has 4 nitrogen and oxygen atoms in total. The van der Waals surface area contributed by atoms with Crippen LogP contribution in [-0.4, -0.2) is 55.9 Å². The molecule has 0 amide bonds. The Kier molecular flexibility index (Phi) is 7.40. The zero-order valence-electron chi connectivity index (χ0n) is 13.6. The summed E-state index contributed by atoms with van der Waals surface area (Å²) < 4.78 is 5.19. The lowest BCUT2D eigenvalue weighted by atomic mass is 10.1. The van der Waals surface area contributed by atoms with E-state index in [0.29, 0.717) is 6.42 Å². The molecule has 1 aliphatic rings. The topological polar surface area (TPSA) is 32.8 Å². The first kappa shape index (κ1) is 17.0. The molecule has 4 heteroatoms. The minimum absolute atomic E-state index is 0.593. The number of benzene rings is 1. The molecule has 0 bridgehead atoms. The van der Waals surface area contributed by atoms with Gasteiger partial charge < -0.3 is 9.64 Å². The fourth-order valence-corrected chi connectivity index (χ4v) is 2.87. The van der Waals surface area contributed by atoms with E-state index in [2.05, 4.69) is 21.9 Å². The molecule has 0 atom stereocenters. The van der Waals surface area contributed by atoms with Gasteiger partial charge in [-0.05, 0) is 37.1 Å². The zero-order valence-corrected chi connectivity index (χ0v) is 13.6. The monoisotopic (exact) mass is 303 g/mol. The van der Waals surface area contributed by atoms with Crippen molar-refractivity contribution in [2.75, 3.05) is 39.8 Å². The average Bonchev–Trinajstić information content (AvgIpc) is 2.57. The molecule has 1 radical (unpaired) electrons. The third-order valence-corrected chi connectivity index (χ3v) is 4.28. The average molecular weight is 303 g/mol. The van der Waals surface area contributed by atoms with Gasteiger partial charge in [-0.2, -0.15) is 0 Å². The third kappa shape index (κ3) is 5.78. The van der Waals surface area contributed by atoms with E-state index in [1.165, 1.54) is 12.0 Å². The summed E-state index contributed by atoms with van der Waals surface area (Å²) in [6.07, 6.45) is 5.88. The van der Waals surface area contributed by atoms with Crippen LogP contribution < -0.4 is 4.74 Å². The summed E-state index contributed by atoms with van der Waals surface area (Å²) in [5.74, 6) is 0.917. The van der Waals surface area contributed by atoms with Gasteiger partial charge in [0, 0.05) is 39.1 Å². The van der Waals surface area contributed by atoms with Gasteiger partial charge in [0.2, 0.25) is 0 Å². The Morgan fingerprint density at radius 1 is 1.00 bits per heavy atom. The van der Waals surface area contributed by atoms with E-state index in [9.17, 15) is 4.79 Å². The van der Waals surface area contributed by atoms with E-state index in [0.717, 1.165) is 57.9 Å². The number of rotatable bonds is 9. The van der Waals surface area contributed by atoms with Gasteiger partial charge in [0.1, 0.15) is 5.75 Å². The summed E-state index contributed by atoms with van der Waals surface area (Å²) in [7, 11) is 1.70. The van der Waals surface area contributed by atoms with Crippen molar-refractivity contribution in [3.05, 3.63) is 29.8 Å². The molecule has 1 aromatic carbocycles. The summed E-state index contributed by atoms with van der Waals surface area (Å²) in [5.41, 5.74) is 1.35. The van der Waals surface area contributed by atoms with Crippen molar-refractivity contribution in [2.45, 2.75) is 32.2 Å². The molecule has 1 fully saturated rings. The van der Waals surface area contributed by atoms with Crippen molar-refractivity contribution in [1.29, 1.82) is 0 Å². The summed E-state index contributed by atoms with van der Waals surface area (Å²) in [6.45, 7) is 6.75. The molecular formula is C18H27N2O2. The Morgan fingerprint density at radius 2 is 1.68 bits per heavy atom. The highest BCUT2D eigenvalue weighted by Crippen LogP contribution is 2.14. The van der Waals surface area contributed by atoms with Crippen LogP contribution in [0.25, 0.3) is 0 Å². The predicted molar refractivity (Wildman–Crippen MR) is 88.9 cm³/mol. The Balaban J connectivity index is 1.63. The van der Waals surface area contributed by atoms with Crippen molar-refractivity contribution >= 4 is 6.29 Å². The van der Waals surface area contributed by atoms with E-state index in [1.54, 1.807) is 7.11 Å². The largest absolute Gasteiger partial charge is 0.497 e. The molecule has 2 rings (SSSR count). The second kappa shape index (κ2) is 9.59. The van der Waals surface area contributed by atoms with Gasteiger partial charge in [-0.25, -0.2) is 0 Å². The number of hydrogen-bond acceptors (Lipinski definition) is 4. The van der Waals surface area contributed by atoms with Crippen molar-refractivity contribution in [3.63, 3.8) is 0 Å². The molecule has 121 valence electrons. The van der Waals surface area contributed by atoms with Crippen molar-refractivity contribution in [3.8, 4) is 5.75 Å². The summed E-state index contributed by atoms with van der Waals surface area (Å²) >= 11 is 0. The van der Waals surface area contributed by atoms with Crippen LogP contribution in [0.1, 0.15) is 31.2 Å². The van der Waals surface area contributed by atoms with E-state index in [4.69, 9.17) is 4.74 Å². The fraction of sp³-hybridized carbons (Fsp3) is 0.611. The molecule has 0 aromatic heterocycles. The maximum Gasteiger partial charge on any atom is 0.198 e. The van der Waals surface area contributed by atoms with E-state index >= 15 is 0 Å². The second-order valence-electron chi connectivity index (χ2n) is 5.92. The molecule has 22 heavy (non-hydrogen) atoms. The number of nitrogens with zero attached hydrogens (tertiary/aromatic N) is 2. The predicted octanol–water partition coefficient (Wildman–Crippen LogP) is 2.48. The summed E-state index contributed by atoms with van der Waals surface area (Å²) in [6, 6.07) is 8.36. The SMILES string of the molecule is COc1ccc(CN2CCN(CCCCC[C]=O)CC2)cc1. The maximum atomic E-state index is 10.1. The van der Waals surface area contributed by atoms with Crippen LogP contribution in [-0.2, 0) is 11.3 Å². The van der Waals surface area contributed by atoms with Gasteiger partial charge in [0.05, 0.1) is 7.11 Å². The Hall–Kier alpha value is -1.39. The highest BCUT2D eigenvalue weighted by atomic mass is 16.5. The number of methoxy groups -OCH3 is 1. The lowest BCUT2D eigenvalue weighted by Gasteiger charge is -2.34. The Bertz CT molecular complexity index is 425. The quantitative estimate of drug-likeness (QED) is 0.656. The Labute approximate surface area is 134 Å². The highest BCUT2D eigenvalue weighted by Gasteiger charge is 2.16. The van der Waals surface area contributed by atoms with Gasteiger partial charge in [-0.15, -0.1) is 0 Å². The van der Waals surface area contributed by atoms with Crippen LogP contribution >= 0.6 is 0 Å². The molecule has 0 N–H and O–H groups in total. The smallest absolute Gasteiger partial charge is 0.198 e. The molecule has 1 aliphatic heterocycles. The van der Waals surface area contributed by atoms with Crippen molar-refractivity contribution < 1.29 is 9.53 Å². The molecule has 0 saturated carbocycles. The van der Waals surface area contributed by atoms with Crippen molar-refractivity contribution in [1.82, 2.24) is 9.80 Å². The molecule has 0 unspecified atom stereocenters. The summed E-state index contributed by atoms with van der Waals surface area (Å²) in [4.78, 5) is 15.2. The highest BCUT2D eigenvalue weighted by molar-refractivity contribution is 5.50. The van der Waals surface area contributed by atoms with Crippen molar-refractivity contribution in [2.24, 2.45) is 0 Å². The minimum Gasteiger partial charge on any atom is -0.497 e. The molecule has 0 spiro atoms. The Morgan fingerprint density at radius 3 is 2.32 bits per heavy atom. The number of unbranched alkanes of at least 4 members (excludes halogenated alkanes) is 3. The molecule has 0 aliphatic carbocycles. The first-order valence-corrected chi connectivity index (χ1v) is 8.24. The maximum absolute atomic E-state index is 10.1. The van der Waals surface area contributed by atoms with Crippen LogP contribution in [0.15, 0.2) is 24.3 Å². The van der Waals surface area contributed by atoms with Crippen LogP contribution in [0.5, 0.6) is 5.75 Å². The summed E-state index contributed by atoms with van der Waals surface area (Å²) in [5, 5.41) is 0. The van der Waals surface area contributed by atoms with Gasteiger partial charge in [0.15, 0.2) is 6.29 Å². The lowest BCUT2D eigenvalue weighted by Crippen LogP contribution is -2.46. The van der Waals surface area contributed by atoms with Gasteiger partial charge in [-0.1, -0.05) is 18.6 Å². The second-order valence-corrected chi connectivity index (χ2v) is 5.92. The van der Waals surface area contributed by atoms with E-state index < -0.39 is 0 Å². The zero-order chi connectivity index (χ0) is 15.6. The van der Waals surface area contributed by atoms with Crippen LogP contribution in [0.4, 0.5) is 0 Å². The van der Waals surface area contributed by atoms with Gasteiger partial charge >= 0.3 is 0 Å². The lowest BCUT2D eigenvalue weighted by molar-refractivity contribution is 0.125. The number of piperazine rings is 1. The normalized spacial score (nSPS) is 16.6. The fourth-order valence-electron chi connectivity index (χ4n) is 2.87. The van der Waals surface area contributed by atoms with Crippen LogP contribution in [0, 0.1) is 0 Å². The minimum atomic E-state index is 0.593. The van der Waals surface area contributed by atoms with Crippen LogP contribution in [0.3, 0.4) is 0 Å². The van der Waals surface area contributed by atoms with Crippen LogP contribution in [0.2, 0.25) is 0 Å². The first-order valence-electron chi connectivity index (χ1n) is 8.24. The molecular weight excluding hydrogens is 276 g/mol. The number of carbonyl (C=O) groups excluding carboxylic acids is 1. The number of hydrogen-bond donors (Lipinski definition) is 0. The van der Waals surface area contributed by atoms with Gasteiger partial charge in [0.25, 0.3) is 0 Å². The molecule has 1 aromatic rings. The van der Waals surface area contributed by atoms with E-state index in [1.807, 2.05) is 18.4 Å². The van der Waals surface area contributed by atoms with Gasteiger partial charge in [-0.3, -0.25) is 9.69 Å². The number of ether oxygens (including phenoxy) is 1. The standard InChI is InChI=1S/C18H27N2O2/c1-22-18-8-6-17(7-9-18)16-20-13-11-19(12-14-20)10-4-2-3-5-15-21/h6-9H,2-5,10-14,16H2,1H3. The third-order valence-electron chi connectivity index (χ3n) is 4.28. The molecule has 1 saturated heterocycles. The first-order chi connectivity index (χ1) is 10.8.